The molecule has 0 bridgehead atoms. The van der Waals surface area contributed by atoms with Crippen molar-refractivity contribution in [2.45, 2.75) is 51.1 Å². The Hall–Kier alpha value is -1.26. The molecule has 0 radical (unpaired) electrons. The zero-order valence-corrected chi connectivity index (χ0v) is 15.2. The lowest BCUT2D eigenvalue weighted by Gasteiger charge is -2.24. The van der Waals surface area contributed by atoms with Gasteiger partial charge in [-0.2, -0.15) is 0 Å². The molecule has 1 saturated heterocycles. The topological polar surface area (TPSA) is 49.4 Å². The third-order valence-electron chi connectivity index (χ3n) is 5.08. The number of hydrogen-bond acceptors (Lipinski definition) is 2. The molecule has 0 aromatic heterocycles. The van der Waals surface area contributed by atoms with Gasteiger partial charge in [-0.15, -0.1) is 0 Å². The fourth-order valence-corrected chi connectivity index (χ4v) is 4.31. The summed E-state index contributed by atoms with van der Waals surface area (Å²) in [5.74, 6) is -0.242. The van der Waals surface area contributed by atoms with Gasteiger partial charge in [0.1, 0.15) is 0 Å². The Morgan fingerprint density at radius 3 is 2.67 bits per heavy atom. The van der Waals surface area contributed by atoms with Crippen LogP contribution in [-0.2, 0) is 9.59 Å². The fourth-order valence-electron chi connectivity index (χ4n) is 3.74. The third-order valence-corrected chi connectivity index (χ3v) is 5.64. The Kier molecular flexibility index (Phi) is 5.36. The minimum atomic E-state index is -0.272. The van der Waals surface area contributed by atoms with Crippen LogP contribution in [0.15, 0.2) is 18.2 Å². The van der Waals surface area contributed by atoms with Crippen LogP contribution >= 0.6 is 23.2 Å². The highest BCUT2D eigenvalue weighted by molar-refractivity contribution is 6.35. The van der Waals surface area contributed by atoms with Crippen LogP contribution in [0.1, 0.15) is 50.6 Å². The molecule has 2 fully saturated rings. The Balaban J connectivity index is 1.61. The second-order valence-corrected chi connectivity index (χ2v) is 7.63. The molecule has 2 aliphatic rings. The minimum Gasteiger partial charge on any atom is -0.349 e. The molecule has 24 heavy (non-hydrogen) atoms. The van der Waals surface area contributed by atoms with Crippen molar-refractivity contribution in [1.82, 2.24) is 10.2 Å². The first-order valence-corrected chi connectivity index (χ1v) is 9.26. The molecular formula is C18H22Cl2N2O2. The molecule has 1 aromatic carbocycles. The van der Waals surface area contributed by atoms with E-state index in [4.69, 9.17) is 23.2 Å². The van der Waals surface area contributed by atoms with Gasteiger partial charge in [0.15, 0.2) is 0 Å². The van der Waals surface area contributed by atoms with E-state index in [-0.39, 0.29) is 23.8 Å². The van der Waals surface area contributed by atoms with Crippen LogP contribution in [0.2, 0.25) is 10.0 Å². The van der Waals surface area contributed by atoms with Crippen LogP contribution in [0, 0.1) is 5.92 Å². The van der Waals surface area contributed by atoms with Crippen LogP contribution in [0.25, 0.3) is 0 Å². The molecule has 2 amide bonds. The van der Waals surface area contributed by atoms with Crippen molar-refractivity contribution >= 4 is 35.0 Å². The van der Waals surface area contributed by atoms with Crippen molar-refractivity contribution in [3.8, 4) is 0 Å². The molecule has 1 heterocycles. The minimum absolute atomic E-state index is 0.0811. The number of likely N-dealkylation sites (tertiary alicyclic amines) is 1. The van der Waals surface area contributed by atoms with Gasteiger partial charge in [-0.3, -0.25) is 9.59 Å². The number of carbonyl (C=O) groups is 2. The van der Waals surface area contributed by atoms with Crippen molar-refractivity contribution in [2.75, 3.05) is 6.54 Å². The summed E-state index contributed by atoms with van der Waals surface area (Å²) < 4.78 is 0. The van der Waals surface area contributed by atoms with E-state index in [1.165, 1.54) is 12.8 Å². The number of benzene rings is 1. The van der Waals surface area contributed by atoms with Gasteiger partial charge >= 0.3 is 0 Å². The lowest BCUT2D eigenvalue weighted by atomic mass is 10.0. The van der Waals surface area contributed by atoms with E-state index in [1.54, 1.807) is 12.1 Å². The summed E-state index contributed by atoms with van der Waals surface area (Å²) in [5, 5.41) is 4.08. The van der Waals surface area contributed by atoms with Gasteiger partial charge in [0.25, 0.3) is 0 Å². The summed E-state index contributed by atoms with van der Waals surface area (Å²) in [6.07, 6.45) is 4.80. The largest absolute Gasteiger partial charge is 0.349 e. The smallest absolute Gasteiger partial charge is 0.225 e. The van der Waals surface area contributed by atoms with Crippen molar-refractivity contribution < 1.29 is 9.59 Å². The molecular weight excluding hydrogens is 347 g/mol. The molecule has 0 spiro atoms. The van der Waals surface area contributed by atoms with Gasteiger partial charge in [-0.1, -0.05) is 42.1 Å². The first-order chi connectivity index (χ1) is 11.5. The lowest BCUT2D eigenvalue weighted by Crippen LogP contribution is -2.37. The Morgan fingerprint density at radius 1 is 1.29 bits per heavy atom. The molecule has 130 valence electrons. The zero-order chi connectivity index (χ0) is 17.3. The first-order valence-electron chi connectivity index (χ1n) is 8.50. The number of nitrogens with zero attached hydrogens (tertiary/aromatic N) is 1. The summed E-state index contributed by atoms with van der Waals surface area (Å²) in [7, 11) is 0. The molecule has 0 unspecified atom stereocenters. The molecule has 1 aliphatic carbocycles. The Morgan fingerprint density at radius 2 is 2.00 bits per heavy atom. The van der Waals surface area contributed by atoms with Crippen LogP contribution < -0.4 is 5.32 Å². The van der Waals surface area contributed by atoms with E-state index in [0.717, 1.165) is 18.4 Å². The zero-order valence-electron chi connectivity index (χ0n) is 13.7. The average Bonchev–Trinajstić information content (AvgIpc) is 3.15. The highest BCUT2D eigenvalue weighted by Crippen LogP contribution is 2.30. The molecule has 1 N–H and O–H groups in total. The summed E-state index contributed by atoms with van der Waals surface area (Å²) in [5.41, 5.74) is 0.825. The SMILES string of the molecule is C[C@@H](NC(=O)[C@H]1CC(=O)N(C2CCCC2)C1)c1ccc(Cl)cc1Cl. The molecule has 1 saturated carbocycles. The molecule has 1 aliphatic heterocycles. The maximum Gasteiger partial charge on any atom is 0.225 e. The predicted octanol–water partition coefficient (Wildman–Crippen LogP) is 3.96. The number of amides is 2. The van der Waals surface area contributed by atoms with Crippen molar-refractivity contribution in [3.63, 3.8) is 0 Å². The summed E-state index contributed by atoms with van der Waals surface area (Å²) in [6.45, 7) is 2.43. The molecule has 2 atom stereocenters. The second kappa shape index (κ2) is 7.32. The van der Waals surface area contributed by atoms with Crippen molar-refractivity contribution in [3.05, 3.63) is 33.8 Å². The maximum atomic E-state index is 12.6. The van der Waals surface area contributed by atoms with E-state index in [0.29, 0.717) is 29.1 Å². The van der Waals surface area contributed by atoms with E-state index in [1.807, 2.05) is 17.9 Å². The summed E-state index contributed by atoms with van der Waals surface area (Å²) in [6, 6.07) is 5.35. The van der Waals surface area contributed by atoms with Gasteiger partial charge in [-0.05, 0) is 37.5 Å². The number of hydrogen-bond donors (Lipinski definition) is 1. The maximum absolute atomic E-state index is 12.6. The standard InChI is InChI=1S/C18H22Cl2N2O2/c1-11(15-7-6-13(19)9-16(15)20)21-18(24)12-8-17(23)22(10-12)14-4-2-3-5-14/h6-7,9,11-12,14H,2-5,8,10H2,1H3,(H,21,24)/t11-,12+/m1/s1. The van der Waals surface area contributed by atoms with E-state index in [9.17, 15) is 9.59 Å². The molecule has 4 nitrogen and oxygen atoms in total. The van der Waals surface area contributed by atoms with Crippen molar-refractivity contribution in [2.24, 2.45) is 5.92 Å². The number of rotatable bonds is 4. The van der Waals surface area contributed by atoms with E-state index in [2.05, 4.69) is 5.32 Å². The molecule has 1 aromatic rings. The number of nitrogens with one attached hydrogen (secondary N) is 1. The quantitative estimate of drug-likeness (QED) is 0.873. The number of halogens is 2. The summed E-state index contributed by atoms with van der Waals surface area (Å²) >= 11 is 12.1. The van der Waals surface area contributed by atoms with Gasteiger partial charge in [0.2, 0.25) is 11.8 Å². The van der Waals surface area contributed by atoms with Gasteiger partial charge < -0.3 is 10.2 Å². The van der Waals surface area contributed by atoms with Gasteiger partial charge in [-0.25, -0.2) is 0 Å². The third kappa shape index (κ3) is 3.70. The van der Waals surface area contributed by atoms with Crippen LogP contribution in [-0.4, -0.2) is 29.3 Å². The Labute approximate surface area is 152 Å². The van der Waals surface area contributed by atoms with E-state index < -0.39 is 0 Å². The lowest BCUT2D eigenvalue weighted by molar-refractivity contribution is -0.130. The van der Waals surface area contributed by atoms with Crippen LogP contribution in [0.3, 0.4) is 0 Å². The molecule has 6 heteroatoms. The highest BCUT2D eigenvalue weighted by atomic mass is 35.5. The van der Waals surface area contributed by atoms with Gasteiger partial charge in [0, 0.05) is 29.1 Å². The highest BCUT2D eigenvalue weighted by Gasteiger charge is 2.38. The van der Waals surface area contributed by atoms with Crippen LogP contribution in [0.5, 0.6) is 0 Å². The first kappa shape index (κ1) is 17.6. The van der Waals surface area contributed by atoms with Crippen LogP contribution in [0.4, 0.5) is 0 Å². The van der Waals surface area contributed by atoms with Crippen molar-refractivity contribution in [1.29, 1.82) is 0 Å². The summed E-state index contributed by atoms with van der Waals surface area (Å²) in [4.78, 5) is 26.7. The monoisotopic (exact) mass is 368 g/mol. The Bertz CT molecular complexity index is 644. The normalized spacial score (nSPS) is 22.9. The molecule has 3 rings (SSSR count). The second-order valence-electron chi connectivity index (χ2n) is 6.78. The van der Waals surface area contributed by atoms with E-state index >= 15 is 0 Å². The van der Waals surface area contributed by atoms with Gasteiger partial charge in [0.05, 0.1) is 12.0 Å². The fraction of sp³-hybridized carbons (Fsp3) is 0.556. The predicted molar refractivity (Wildman–Crippen MR) is 95.1 cm³/mol. The number of carbonyl (C=O) groups excluding carboxylic acids is 2. The average molecular weight is 369 g/mol.